The molecule has 0 unspecified atom stereocenters. The van der Waals surface area contributed by atoms with Crippen molar-refractivity contribution in [3.63, 3.8) is 0 Å². The van der Waals surface area contributed by atoms with Crippen LogP contribution in [0.3, 0.4) is 0 Å². The van der Waals surface area contributed by atoms with E-state index in [0.29, 0.717) is 6.42 Å². The van der Waals surface area contributed by atoms with Crippen LogP contribution in [-0.4, -0.2) is 15.1 Å². The van der Waals surface area contributed by atoms with E-state index in [-0.39, 0.29) is 11.4 Å². The van der Waals surface area contributed by atoms with Crippen LogP contribution in [0, 0.1) is 0 Å². The first kappa shape index (κ1) is 8.58. The molecule has 0 aliphatic heterocycles. The van der Waals surface area contributed by atoms with Crippen molar-refractivity contribution in [2.45, 2.75) is 19.8 Å². The van der Waals surface area contributed by atoms with Crippen LogP contribution in [0.4, 0.5) is 0 Å². The highest BCUT2D eigenvalue weighted by Crippen LogP contribution is 2.06. The molecule has 0 spiro atoms. The molecule has 0 aliphatic carbocycles. The molecule has 0 amide bonds. The molecule has 1 heterocycles. The van der Waals surface area contributed by atoms with E-state index in [2.05, 4.69) is 4.98 Å². The Morgan fingerprint density at radius 3 is 2.50 bits per heavy atom. The van der Waals surface area contributed by atoms with Gasteiger partial charge in [-0.25, -0.2) is 4.79 Å². The first-order valence-electron chi connectivity index (χ1n) is 3.69. The quantitative estimate of drug-likeness (QED) is 0.570. The molecular formula is C7H10N2O3. The Bertz CT molecular complexity index is 377. The van der Waals surface area contributed by atoms with Crippen LogP contribution in [0.5, 0.6) is 5.88 Å². The Hall–Kier alpha value is -1.52. The summed E-state index contributed by atoms with van der Waals surface area (Å²) in [5.41, 5.74) is -0.965. The second kappa shape index (κ2) is 3.25. The van der Waals surface area contributed by atoms with Crippen LogP contribution < -0.4 is 11.2 Å². The molecule has 1 aromatic heterocycles. The Balaban J connectivity index is 3.29. The number of hydrogen-bond donors (Lipinski definition) is 3. The van der Waals surface area contributed by atoms with Crippen molar-refractivity contribution in [2.75, 3.05) is 0 Å². The third kappa shape index (κ3) is 1.55. The monoisotopic (exact) mass is 170 g/mol. The lowest BCUT2D eigenvalue weighted by molar-refractivity contribution is 0.439. The summed E-state index contributed by atoms with van der Waals surface area (Å²) in [5, 5.41) is 9.13. The van der Waals surface area contributed by atoms with Crippen molar-refractivity contribution in [1.82, 2.24) is 9.97 Å². The zero-order valence-corrected chi connectivity index (χ0v) is 6.68. The van der Waals surface area contributed by atoms with Gasteiger partial charge >= 0.3 is 5.69 Å². The van der Waals surface area contributed by atoms with Crippen LogP contribution >= 0.6 is 0 Å². The minimum atomic E-state index is -0.683. The molecule has 0 aromatic carbocycles. The van der Waals surface area contributed by atoms with Crippen molar-refractivity contribution in [2.24, 2.45) is 0 Å². The smallest absolute Gasteiger partial charge is 0.328 e. The maximum absolute atomic E-state index is 11.0. The van der Waals surface area contributed by atoms with Gasteiger partial charge in [0, 0.05) is 0 Å². The van der Waals surface area contributed by atoms with Crippen molar-refractivity contribution >= 4 is 0 Å². The van der Waals surface area contributed by atoms with Crippen molar-refractivity contribution in [3.05, 3.63) is 26.4 Å². The molecule has 5 nitrogen and oxygen atoms in total. The summed E-state index contributed by atoms with van der Waals surface area (Å²) in [5.74, 6) is -0.328. The summed E-state index contributed by atoms with van der Waals surface area (Å²) in [6.07, 6.45) is 1.20. The van der Waals surface area contributed by atoms with Crippen LogP contribution in [0.25, 0.3) is 0 Å². The molecule has 0 saturated carbocycles. The Morgan fingerprint density at radius 2 is 2.00 bits per heavy atom. The summed E-state index contributed by atoms with van der Waals surface area (Å²) < 4.78 is 0. The average Bonchev–Trinajstić information content (AvgIpc) is 1.96. The van der Waals surface area contributed by atoms with Gasteiger partial charge in [-0.05, 0) is 6.42 Å². The zero-order chi connectivity index (χ0) is 9.14. The van der Waals surface area contributed by atoms with Gasteiger partial charge in [0.25, 0.3) is 5.56 Å². The first-order chi connectivity index (χ1) is 5.65. The Kier molecular flexibility index (Phi) is 2.32. The number of nitrogens with one attached hydrogen (secondary N) is 2. The minimum Gasteiger partial charge on any atom is -0.494 e. The predicted molar refractivity (Wildman–Crippen MR) is 43.3 cm³/mol. The molecule has 0 atom stereocenters. The van der Waals surface area contributed by atoms with E-state index < -0.39 is 11.2 Å². The van der Waals surface area contributed by atoms with E-state index in [1.54, 1.807) is 0 Å². The third-order valence-corrected chi connectivity index (χ3v) is 1.52. The number of aromatic nitrogens is 2. The van der Waals surface area contributed by atoms with Gasteiger partial charge in [-0.3, -0.25) is 14.8 Å². The maximum atomic E-state index is 11.0. The summed E-state index contributed by atoms with van der Waals surface area (Å²) in [4.78, 5) is 25.8. The van der Waals surface area contributed by atoms with Crippen molar-refractivity contribution < 1.29 is 5.11 Å². The van der Waals surface area contributed by atoms with Crippen molar-refractivity contribution in [3.8, 4) is 5.88 Å². The van der Waals surface area contributed by atoms with Crippen LogP contribution in [0.2, 0.25) is 0 Å². The topological polar surface area (TPSA) is 85.9 Å². The lowest BCUT2D eigenvalue weighted by Gasteiger charge is -1.98. The van der Waals surface area contributed by atoms with E-state index in [1.165, 1.54) is 0 Å². The molecule has 12 heavy (non-hydrogen) atoms. The predicted octanol–water partition coefficient (Wildman–Crippen LogP) is -0.279. The average molecular weight is 170 g/mol. The first-order valence-corrected chi connectivity index (χ1v) is 3.69. The van der Waals surface area contributed by atoms with E-state index in [9.17, 15) is 9.59 Å². The second-order valence-corrected chi connectivity index (χ2v) is 2.49. The largest absolute Gasteiger partial charge is 0.494 e. The zero-order valence-electron chi connectivity index (χ0n) is 6.68. The van der Waals surface area contributed by atoms with Gasteiger partial charge in [0.1, 0.15) is 0 Å². The minimum absolute atomic E-state index is 0.233. The van der Waals surface area contributed by atoms with Crippen molar-refractivity contribution in [1.29, 1.82) is 0 Å². The highest BCUT2D eigenvalue weighted by molar-refractivity contribution is 5.20. The summed E-state index contributed by atoms with van der Waals surface area (Å²) in [7, 11) is 0. The second-order valence-electron chi connectivity index (χ2n) is 2.49. The molecule has 0 saturated heterocycles. The SMILES string of the molecule is CCCc1c(O)[nH]c(=O)[nH]c1=O. The van der Waals surface area contributed by atoms with E-state index in [0.717, 1.165) is 6.42 Å². The number of aromatic amines is 2. The number of H-pyrrole nitrogens is 2. The van der Waals surface area contributed by atoms with Gasteiger partial charge in [0.2, 0.25) is 5.88 Å². The lowest BCUT2D eigenvalue weighted by Crippen LogP contribution is -2.24. The molecule has 0 aliphatic rings. The van der Waals surface area contributed by atoms with Gasteiger partial charge in [0.15, 0.2) is 0 Å². The molecule has 0 bridgehead atoms. The van der Waals surface area contributed by atoms with Gasteiger partial charge in [-0.15, -0.1) is 0 Å². The Labute approximate surface area is 68.1 Å². The number of rotatable bonds is 2. The molecule has 1 rings (SSSR count). The van der Waals surface area contributed by atoms with Crippen LogP contribution in [0.15, 0.2) is 9.59 Å². The van der Waals surface area contributed by atoms with Gasteiger partial charge < -0.3 is 5.11 Å². The summed E-state index contributed by atoms with van der Waals surface area (Å²) in [6.45, 7) is 1.88. The fourth-order valence-corrected chi connectivity index (χ4v) is 0.982. The van der Waals surface area contributed by atoms with E-state index in [4.69, 9.17) is 5.11 Å². The molecule has 66 valence electrons. The van der Waals surface area contributed by atoms with Gasteiger partial charge in [-0.1, -0.05) is 13.3 Å². The maximum Gasteiger partial charge on any atom is 0.328 e. The fourth-order valence-electron chi connectivity index (χ4n) is 0.982. The molecule has 0 radical (unpaired) electrons. The Morgan fingerprint density at radius 1 is 1.33 bits per heavy atom. The summed E-state index contributed by atoms with van der Waals surface area (Å²) >= 11 is 0. The van der Waals surface area contributed by atoms with E-state index in [1.807, 2.05) is 11.9 Å². The highest BCUT2D eigenvalue weighted by Gasteiger charge is 2.05. The van der Waals surface area contributed by atoms with Gasteiger partial charge in [0.05, 0.1) is 5.56 Å². The third-order valence-electron chi connectivity index (χ3n) is 1.52. The fraction of sp³-hybridized carbons (Fsp3) is 0.429. The normalized spacial score (nSPS) is 10.1. The molecular weight excluding hydrogens is 160 g/mol. The highest BCUT2D eigenvalue weighted by atomic mass is 16.3. The standard InChI is InChI=1S/C7H10N2O3/c1-2-3-4-5(10)8-7(12)9-6(4)11/h2-3H2,1H3,(H3,8,9,10,11,12). The van der Waals surface area contributed by atoms with Gasteiger partial charge in [-0.2, -0.15) is 0 Å². The molecule has 3 N–H and O–H groups in total. The number of aromatic hydroxyl groups is 1. The number of hydrogen-bond acceptors (Lipinski definition) is 3. The lowest BCUT2D eigenvalue weighted by atomic mass is 10.2. The van der Waals surface area contributed by atoms with Crippen LogP contribution in [-0.2, 0) is 6.42 Å². The van der Waals surface area contributed by atoms with E-state index >= 15 is 0 Å². The molecule has 0 fully saturated rings. The molecule has 5 heteroatoms. The van der Waals surface area contributed by atoms with Crippen LogP contribution in [0.1, 0.15) is 18.9 Å². The summed E-state index contributed by atoms with van der Waals surface area (Å²) in [6, 6.07) is 0. The molecule has 1 aromatic rings.